The van der Waals surface area contributed by atoms with Crippen LogP contribution in [0.1, 0.15) is 34.8 Å². The van der Waals surface area contributed by atoms with Gasteiger partial charge in [0.15, 0.2) is 5.65 Å². The van der Waals surface area contributed by atoms with Gasteiger partial charge in [-0.3, -0.25) is 4.79 Å². The molecule has 8 heteroatoms. The van der Waals surface area contributed by atoms with E-state index in [0.717, 1.165) is 35.4 Å². The van der Waals surface area contributed by atoms with E-state index in [0.29, 0.717) is 31.8 Å². The van der Waals surface area contributed by atoms with E-state index in [1.165, 1.54) is 12.1 Å². The molecule has 5 rings (SSSR count). The number of benzene rings is 2. The minimum atomic E-state index is -0.400. The average Bonchev–Trinajstić information content (AvgIpc) is 3.23. The molecule has 1 saturated heterocycles. The Hall–Kier alpha value is -3.81. The Kier molecular flexibility index (Phi) is 5.97. The summed E-state index contributed by atoms with van der Waals surface area (Å²) >= 11 is 0. The molecular weight excluding hydrogens is 421 g/mol. The molecule has 0 N–H and O–H groups in total. The molecule has 0 atom stereocenters. The first-order valence-electron chi connectivity index (χ1n) is 11.1. The Bertz CT molecular complexity index is 1250. The monoisotopic (exact) mass is 445 g/mol. The lowest BCUT2D eigenvalue weighted by atomic mass is 9.92. The van der Waals surface area contributed by atoms with Crippen LogP contribution in [0.4, 0.5) is 4.39 Å². The van der Waals surface area contributed by atoms with Crippen molar-refractivity contribution in [3.8, 4) is 5.75 Å². The molecule has 0 radical (unpaired) electrons. The summed E-state index contributed by atoms with van der Waals surface area (Å²) in [4.78, 5) is 23.6. The molecule has 1 aliphatic heterocycles. The van der Waals surface area contributed by atoms with Crippen molar-refractivity contribution in [3.63, 3.8) is 0 Å². The molecule has 3 heterocycles. The molecule has 0 unspecified atom stereocenters. The first-order chi connectivity index (χ1) is 16.2. The number of para-hydroxylation sites is 1. The molecule has 4 aromatic rings. The van der Waals surface area contributed by atoms with Gasteiger partial charge in [0.2, 0.25) is 0 Å². The molecule has 0 spiro atoms. The second-order valence-electron chi connectivity index (χ2n) is 8.08. The predicted molar refractivity (Wildman–Crippen MR) is 122 cm³/mol. The number of aromatic nitrogens is 4. The third-order valence-electron chi connectivity index (χ3n) is 5.95. The number of piperidine rings is 1. The van der Waals surface area contributed by atoms with E-state index >= 15 is 0 Å². The van der Waals surface area contributed by atoms with Crippen molar-refractivity contribution >= 4 is 17.1 Å². The maximum absolute atomic E-state index is 13.5. The van der Waals surface area contributed by atoms with E-state index in [1.54, 1.807) is 29.4 Å². The summed E-state index contributed by atoms with van der Waals surface area (Å²) < 4.78 is 21.2. The summed E-state index contributed by atoms with van der Waals surface area (Å²) in [5.74, 6) is 0.455. The number of hydrogen-bond donors (Lipinski definition) is 0. The molecular formula is C25H24FN5O2. The van der Waals surface area contributed by atoms with Gasteiger partial charge in [-0.15, -0.1) is 0 Å². The number of carbonyl (C=O) groups is 1. The van der Waals surface area contributed by atoms with Gasteiger partial charge in [0.25, 0.3) is 5.91 Å². The van der Waals surface area contributed by atoms with Crippen molar-refractivity contribution in [1.82, 2.24) is 24.6 Å². The minimum Gasteiger partial charge on any atom is -0.492 e. The molecule has 33 heavy (non-hydrogen) atoms. The lowest BCUT2D eigenvalue weighted by molar-refractivity contribution is 0.0711. The summed E-state index contributed by atoms with van der Waals surface area (Å²) in [7, 11) is 0. The van der Waals surface area contributed by atoms with Gasteiger partial charge < -0.3 is 9.64 Å². The van der Waals surface area contributed by atoms with Crippen molar-refractivity contribution in [2.75, 3.05) is 19.7 Å². The van der Waals surface area contributed by atoms with Gasteiger partial charge in [0, 0.05) is 37.0 Å². The number of likely N-dealkylation sites (tertiary alicyclic amines) is 1. The van der Waals surface area contributed by atoms with Gasteiger partial charge in [-0.25, -0.2) is 19.0 Å². The van der Waals surface area contributed by atoms with Gasteiger partial charge in [0.1, 0.15) is 23.7 Å². The Morgan fingerprint density at radius 3 is 2.61 bits per heavy atom. The topological polar surface area (TPSA) is 73.1 Å². The predicted octanol–water partition coefficient (Wildman–Crippen LogP) is 4.06. The van der Waals surface area contributed by atoms with E-state index in [1.807, 2.05) is 35.0 Å². The maximum atomic E-state index is 13.5. The van der Waals surface area contributed by atoms with Gasteiger partial charge in [-0.1, -0.05) is 24.3 Å². The van der Waals surface area contributed by atoms with Gasteiger partial charge in [0.05, 0.1) is 12.2 Å². The van der Waals surface area contributed by atoms with Crippen LogP contribution in [-0.2, 0) is 6.54 Å². The zero-order valence-corrected chi connectivity index (χ0v) is 18.1. The van der Waals surface area contributed by atoms with Crippen molar-refractivity contribution in [2.45, 2.75) is 25.3 Å². The first-order valence-corrected chi connectivity index (χ1v) is 11.1. The van der Waals surface area contributed by atoms with Crippen LogP contribution in [0.5, 0.6) is 5.75 Å². The summed E-state index contributed by atoms with van der Waals surface area (Å²) in [6.45, 7) is 2.20. The molecule has 1 fully saturated rings. The molecule has 0 bridgehead atoms. The average molecular weight is 445 g/mol. The SMILES string of the molecule is O=C(c1cccc(F)c1)N1CCC(c2nn(CCOc3ccccc3)c3nccnc23)CC1. The molecule has 2 aromatic heterocycles. The third-order valence-corrected chi connectivity index (χ3v) is 5.95. The highest BCUT2D eigenvalue weighted by Crippen LogP contribution is 2.31. The van der Waals surface area contributed by atoms with Gasteiger partial charge >= 0.3 is 0 Å². The molecule has 1 amide bonds. The molecule has 0 aliphatic carbocycles. The van der Waals surface area contributed by atoms with E-state index in [-0.39, 0.29) is 11.8 Å². The Labute approximate surface area is 190 Å². The van der Waals surface area contributed by atoms with E-state index in [9.17, 15) is 9.18 Å². The van der Waals surface area contributed by atoms with Crippen LogP contribution in [0, 0.1) is 5.82 Å². The van der Waals surface area contributed by atoms with Crippen molar-refractivity contribution < 1.29 is 13.9 Å². The van der Waals surface area contributed by atoms with E-state index in [2.05, 4.69) is 9.97 Å². The zero-order valence-electron chi connectivity index (χ0n) is 18.1. The fourth-order valence-electron chi connectivity index (χ4n) is 4.28. The number of ether oxygens (including phenoxy) is 1. The summed E-state index contributed by atoms with van der Waals surface area (Å²) in [5, 5.41) is 4.84. The van der Waals surface area contributed by atoms with E-state index in [4.69, 9.17) is 9.84 Å². The Morgan fingerprint density at radius 2 is 1.82 bits per heavy atom. The quantitative estimate of drug-likeness (QED) is 0.447. The van der Waals surface area contributed by atoms with Gasteiger partial charge in [-0.2, -0.15) is 5.10 Å². The van der Waals surface area contributed by atoms with Crippen LogP contribution in [-0.4, -0.2) is 50.3 Å². The second-order valence-corrected chi connectivity index (χ2v) is 8.08. The van der Waals surface area contributed by atoms with Crippen LogP contribution in [0.2, 0.25) is 0 Å². The minimum absolute atomic E-state index is 0.138. The van der Waals surface area contributed by atoms with Crippen molar-refractivity contribution in [3.05, 3.63) is 84.1 Å². The first kappa shape index (κ1) is 21.1. The highest BCUT2D eigenvalue weighted by molar-refractivity contribution is 5.94. The maximum Gasteiger partial charge on any atom is 0.253 e. The molecule has 2 aromatic carbocycles. The Balaban J connectivity index is 1.28. The third kappa shape index (κ3) is 4.55. The molecule has 0 saturated carbocycles. The van der Waals surface area contributed by atoms with Crippen LogP contribution in [0.15, 0.2) is 67.0 Å². The van der Waals surface area contributed by atoms with Crippen LogP contribution in [0.3, 0.4) is 0 Å². The summed E-state index contributed by atoms with van der Waals surface area (Å²) in [5.41, 5.74) is 2.83. The largest absolute Gasteiger partial charge is 0.492 e. The lowest BCUT2D eigenvalue weighted by Crippen LogP contribution is -2.38. The number of rotatable bonds is 6. The number of hydrogen-bond acceptors (Lipinski definition) is 5. The molecule has 7 nitrogen and oxygen atoms in total. The van der Waals surface area contributed by atoms with Gasteiger partial charge in [-0.05, 0) is 43.2 Å². The standard InChI is InChI=1S/C25H24FN5O2/c26-20-6-4-5-19(17-20)25(32)30-13-9-18(10-14-30)22-23-24(28-12-11-27-23)31(29-22)15-16-33-21-7-2-1-3-8-21/h1-8,11-12,17-18H,9-10,13-16H2. The van der Waals surface area contributed by atoms with Crippen LogP contribution in [0.25, 0.3) is 11.2 Å². The number of nitrogens with zero attached hydrogens (tertiary/aromatic N) is 5. The smallest absolute Gasteiger partial charge is 0.253 e. The fraction of sp³-hybridized carbons (Fsp3) is 0.280. The normalized spacial score (nSPS) is 14.5. The lowest BCUT2D eigenvalue weighted by Gasteiger charge is -2.31. The zero-order chi connectivity index (χ0) is 22.6. The van der Waals surface area contributed by atoms with Crippen LogP contribution < -0.4 is 4.74 Å². The van der Waals surface area contributed by atoms with E-state index < -0.39 is 5.82 Å². The number of halogens is 1. The summed E-state index contributed by atoms with van der Waals surface area (Å²) in [6.07, 6.45) is 4.89. The number of amides is 1. The van der Waals surface area contributed by atoms with Crippen molar-refractivity contribution in [1.29, 1.82) is 0 Å². The Morgan fingerprint density at radius 1 is 1.03 bits per heavy atom. The second kappa shape index (κ2) is 9.36. The van der Waals surface area contributed by atoms with Crippen LogP contribution >= 0.6 is 0 Å². The highest BCUT2D eigenvalue weighted by atomic mass is 19.1. The summed E-state index contributed by atoms with van der Waals surface area (Å²) in [6, 6.07) is 15.5. The molecule has 168 valence electrons. The fourth-order valence-corrected chi connectivity index (χ4v) is 4.28. The number of fused-ring (bicyclic) bond motifs is 1. The highest BCUT2D eigenvalue weighted by Gasteiger charge is 2.28. The number of carbonyl (C=O) groups excluding carboxylic acids is 1. The van der Waals surface area contributed by atoms with Crippen molar-refractivity contribution in [2.24, 2.45) is 0 Å². The molecule has 1 aliphatic rings.